The van der Waals surface area contributed by atoms with Crippen molar-refractivity contribution in [1.29, 1.82) is 0 Å². The van der Waals surface area contributed by atoms with Crippen LogP contribution in [-0.4, -0.2) is 34.3 Å². The second-order valence-corrected chi connectivity index (χ2v) is 7.53. The molecule has 0 aliphatic carbocycles. The van der Waals surface area contributed by atoms with Gasteiger partial charge in [-0.1, -0.05) is 39.0 Å². The maximum atomic E-state index is 6.31. The number of unbranched alkanes of at least 4 members (excludes halogenated alkanes) is 4. The minimum absolute atomic E-state index is 0.103. The predicted molar refractivity (Wildman–Crippen MR) is 82.0 cm³/mol. The fraction of sp³-hybridized carbons (Fsp3) is 1.00. The normalized spacial score (nSPS) is 13.7. The molecule has 19 heavy (non-hydrogen) atoms. The van der Waals surface area contributed by atoms with E-state index in [9.17, 15) is 0 Å². The van der Waals surface area contributed by atoms with Crippen molar-refractivity contribution >= 4 is 8.80 Å². The number of nitrogens with two attached hydrogens (primary N) is 1. The number of rotatable bonds is 13. The van der Waals surface area contributed by atoms with Gasteiger partial charge in [-0.2, -0.15) is 0 Å². The Balaban J connectivity index is 4.30. The summed E-state index contributed by atoms with van der Waals surface area (Å²) in [5, 5.41) is 0. The fourth-order valence-electron chi connectivity index (χ4n) is 2.19. The molecule has 0 aliphatic heterocycles. The van der Waals surface area contributed by atoms with Gasteiger partial charge in [-0.3, -0.25) is 0 Å². The highest BCUT2D eigenvalue weighted by atomic mass is 28.4. The third-order valence-corrected chi connectivity index (χ3v) is 6.38. The average molecular weight is 292 g/mol. The summed E-state index contributed by atoms with van der Waals surface area (Å²) in [7, 11) is -2.69. The summed E-state index contributed by atoms with van der Waals surface area (Å²) in [4.78, 5) is 0. The van der Waals surface area contributed by atoms with E-state index in [1.54, 1.807) is 0 Å². The third-order valence-electron chi connectivity index (χ3n) is 3.11. The Kier molecular flexibility index (Phi) is 11.9. The highest BCUT2D eigenvalue weighted by Gasteiger charge is 2.46. The second kappa shape index (κ2) is 11.8. The minimum Gasteiger partial charge on any atom is -0.373 e. The van der Waals surface area contributed by atoms with Crippen LogP contribution in [0.2, 0.25) is 0 Å². The predicted octanol–water partition coefficient (Wildman–Crippen LogP) is 3.26. The molecule has 116 valence electrons. The first kappa shape index (κ1) is 19.1. The molecule has 0 aromatic heterocycles. The lowest BCUT2D eigenvalue weighted by Gasteiger charge is -2.33. The molecule has 0 saturated carbocycles. The monoisotopic (exact) mass is 291 g/mol. The van der Waals surface area contributed by atoms with Crippen molar-refractivity contribution in [1.82, 2.24) is 0 Å². The number of hydrogen-bond acceptors (Lipinski definition) is 4. The molecule has 4 nitrogen and oxygen atoms in total. The van der Waals surface area contributed by atoms with Crippen molar-refractivity contribution in [3.63, 3.8) is 0 Å². The quantitative estimate of drug-likeness (QED) is 0.418. The Labute approximate surface area is 120 Å². The van der Waals surface area contributed by atoms with Gasteiger partial charge in [0.15, 0.2) is 0 Å². The lowest BCUT2D eigenvalue weighted by molar-refractivity contribution is 0.0610. The summed E-state index contributed by atoms with van der Waals surface area (Å²) in [5.41, 5.74) is 6.21. The molecule has 1 atom stereocenters. The van der Waals surface area contributed by atoms with Gasteiger partial charge in [0.25, 0.3) is 0 Å². The van der Waals surface area contributed by atoms with E-state index in [1.165, 1.54) is 25.7 Å². The largest absolute Gasteiger partial charge is 0.518 e. The van der Waals surface area contributed by atoms with Gasteiger partial charge < -0.3 is 19.0 Å². The van der Waals surface area contributed by atoms with Gasteiger partial charge in [-0.25, -0.2) is 0 Å². The van der Waals surface area contributed by atoms with Gasteiger partial charge in [0.2, 0.25) is 0 Å². The smallest absolute Gasteiger partial charge is 0.373 e. The van der Waals surface area contributed by atoms with Crippen LogP contribution >= 0.6 is 0 Å². The Morgan fingerprint density at radius 2 is 1.26 bits per heavy atom. The van der Waals surface area contributed by atoms with Crippen LogP contribution in [0.1, 0.15) is 66.2 Å². The molecule has 0 radical (unpaired) electrons. The molecule has 0 aromatic rings. The first-order chi connectivity index (χ1) is 9.16. The van der Waals surface area contributed by atoms with Crippen molar-refractivity contribution in [3.8, 4) is 0 Å². The topological polar surface area (TPSA) is 53.7 Å². The molecule has 0 fully saturated rings. The maximum absolute atomic E-state index is 6.31. The van der Waals surface area contributed by atoms with Crippen LogP contribution in [0.5, 0.6) is 0 Å². The van der Waals surface area contributed by atoms with Crippen molar-refractivity contribution in [2.75, 3.05) is 19.8 Å². The summed E-state index contributed by atoms with van der Waals surface area (Å²) < 4.78 is 17.5. The molecule has 0 bridgehead atoms. The van der Waals surface area contributed by atoms with Gasteiger partial charge in [-0.05, 0) is 27.2 Å². The molecular weight excluding hydrogens is 258 g/mol. The Morgan fingerprint density at radius 1 is 0.789 bits per heavy atom. The first-order valence-electron chi connectivity index (χ1n) is 7.84. The molecular formula is C14H33NO3Si. The van der Waals surface area contributed by atoms with Gasteiger partial charge in [-0.15, -0.1) is 0 Å². The molecule has 0 aliphatic rings. The summed E-state index contributed by atoms with van der Waals surface area (Å²) in [6.45, 7) is 9.90. The summed E-state index contributed by atoms with van der Waals surface area (Å²) in [6, 6.07) is 0. The lowest BCUT2D eigenvalue weighted by atomic mass is 10.1. The van der Waals surface area contributed by atoms with Crippen LogP contribution in [0.15, 0.2) is 0 Å². The van der Waals surface area contributed by atoms with Crippen LogP contribution < -0.4 is 5.73 Å². The van der Waals surface area contributed by atoms with Gasteiger partial charge >= 0.3 is 8.80 Å². The Hall–Kier alpha value is 0.0569. The van der Waals surface area contributed by atoms with Crippen molar-refractivity contribution in [2.24, 2.45) is 5.73 Å². The summed E-state index contributed by atoms with van der Waals surface area (Å²) >= 11 is 0. The first-order valence-corrected chi connectivity index (χ1v) is 9.64. The molecule has 0 saturated heterocycles. The van der Waals surface area contributed by atoms with E-state index in [-0.39, 0.29) is 5.67 Å². The third kappa shape index (κ3) is 7.42. The van der Waals surface area contributed by atoms with E-state index < -0.39 is 8.80 Å². The van der Waals surface area contributed by atoms with E-state index in [2.05, 4.69) is 6.92 Å². The van der Waals surface area contributed by atoms with E-state index in [0.717, 1.165) is 12.8 Å². The van der Waals surface area contributed by atoms with Gasteiger partial charge in [0.05, 0.1) is 5.67 Å². The summed E-state index contributed by atoms with van der Waals surface area (Å²) in [6.07, 6.45) is 7.15. The highest BCUT2D eigenvalue weighted by Crippen LogP contribution is 2.18. The second-order valence-electron chi connectivity index (χ2n) is 4.71. The van der Waals surface area contributed by atoms with Gasteiger partial charge in [0.1, 0.15) is 0 Å². The Morgan fingerprint density at radius 3 is 1.68 bits per heavy atom. The van der Waals surface area contributed by atoms with Crippen molar-refractivity contribution < 1.29 is 13.3 Å². The van der Waals surface area contributed by atoms with Crippen LogP contribution in [0, 0.1) is 0 Å². The summed E-state index contributed by atoms with van der Waals surface area (Å²) in [5.74, 6) is 0. The van der Waals surface area contributed by atoms with Crippen LogP contribution in [-0.2, 0) is 13.3 Å². The zero-order chi connectivity index (χ0) is 14.6. The van der Waals surface area contributed by atoms with Crippen molar-refractivity contribution in [2.45, 2.75) is 71.9 Å². The van der Waals surface area contributed by atoms with E-state index in [0.29, 0.717) is 19.8 Å². The molecule has 0 amide bonds. The molecule has 0 heterocycles. The van der Waals surface area contributed by atoms with Gasteiger partial charge in [0, 0.05) is 19.8 Å². The van der Waals surface area contributed by atoms with E-state index in [1.807, 2.05) is 20.8 Å². The molecule has 0 rings (SSSR count). The highest BCUT2D eigenvalue weighted by molar-refractivity contribution is 6.62. The van der Waals surface area contributed by atoms with E-state index in [4.69, 9.17) is 19.0 Å². The fourth-order valence-corrected chi connectivity index (χ4v) is 4.85. The standard InChI is InChI=1S/C14H33NO3Si/c1-5-9-10-11-12-13-14(15)19(16-6-2,17-7-3)18-8-4/h14H,5-13,15H2,1-4H3. The van der Waals surface area contributed by atoms with Crippen LogP contribution in [0.25, 0.3) is 0 Å². The Bertz CT molecular complexity index is 188. The molecule has 5 heteroatoms. The zero-order valence-corrected chi connectivity index (χ0v) is 14.2. The van der Waals surface area contributed by atoms with E-state index >= 15 is 0 Å². The average Bonchev–Trinajstić information content (AvgIpc) is 2.39. The molecule has 1 unspecified atom stereocenters. The molecule has 0 aromatic carbocycles. The maximum Gasteiger partial charge on any atom is 0.518 e. The number of hydrogen-bond donors (Lipinski definition) is 1. The van der Waals surface area contributed by atoms with Crippen LogP contribution in [0.3, 0.4) is 0 Å². The molecule has 0 spiro atoms. The van der Waals surface area contributed by atoms with Crippen LogP contribution in [0.4, 0.5) is 0 Å². The minimum atomic E-state index is -2.69. The van der Waals surface area contributed by atoms with Crippen molar-refractivity contribution in [3.05, 3.63) is 0 Å². The molecule has 2 N–H and O–H groups in total. The lowest BCUT2D eigenvalue weighted by Crippen LogP contribution is -2.60. The SMILES string of the molecule is CCCCCCCC(N)[Si](OCC)(OCC)OCC. The zero-order valence-electron chi connectivity index (χ0n) is 13.2.